The van der Waals surface area contributed by atoms with E-state index in [9.17, 15) is 4.79 Å². The van der Waals surface area contributed by atoms with Crippen molar-refractivity contribution in [3.8, 4) is 0 Å². The molecule has 86 valence electrons. The summed E-state index contributed by atoms with van der Waals surface area (Å²) < 4.78 is 5.17. The molecule has 0 amide bonds. The van der Waals surface area contributed by atoms with E-state index in [2.05, 4.69) is 5.32 Å². The fraction of sp³-hybridized carbons (Fsp3) is 0.462. The summed E-state index contributed by atoms with van der Waals surface area (Å²) in [5.41, 5.74) is 1.18. The van der Waals surface area contributed by atoms with E-state index in [1.165, 1.54) is 5.56 Å². The van der Waals surface area contributed by atoms with Crippen LogP contribution in [0.4, 0.5) is 0 Å². The van der Waals surface area contributed by atoms with Crippen LogP contribution in [-0.2, 0) is 16.1 Å². The fourth-order valence-electron chi connectivity index (χ4n) is 1.94. The minimum atomic E-state index is -0.171. The van der Waals surface area contributed by atoms with Gasteiger partial charge in [0, 0.05) is 12.5 Å². The van der Waals surface area contributed by atoms with Gasteiger partial charge in [-0.25, -0.2) is 0 Å². The number of rotatable bonds is 3. The molecule has 1 fully saturated rings. The van der Waals surface area contributed by atoms with Crippen LogP contribution in [0, 0.1) is 5.92 Å². The first-order chi connectivity index (χ1) is 7.68. The molecule has 1 aliphatic heterocycles. The molecule has 2 unspecified atom stereocenters. The van der Waals surface area contributed by atoms with Crippen LogP contribution in [0.5, 0.6) is 0 Å². The second kappa shape index (κ2) is 4.66. The number of ether oxygens (including phenoxy) is 1. The molecule has 1 aliphatic rings. The lowest BCUT2D eigenvalue weighted by atomic mass is 10.00. The molecule has 0 saturated carbocycles. The molecule has 1 saturated heterocycles. The van der Waals surface area contributed by atoms with Gasteiger partial charge >= 0.3 is 5.97 Å². The predicted octanol–water partition coefficient (Wildman–Crippen LogP) is 1.73. The average molecular weight is 219 g/mol. The summed E-state index contributed by atoms with van der Waals surface area (Å²) in [7, 11) is 0. The minimum Gasteiger partial charge on any atom is -0.461 e. The second-order valence-electron chi connectivity index (χ2n) is 4.35. The lowest BCUT2D eigenvalue weighted by Gasteiger charge is -2.14. The summed E-state index contributed by atoms with van der Waals surface area (Å²) in [6.45, 7) is 4.68. The first kappa shape index (κ1) is 11.1. The van der Waals surface area contributed by atoms with E-state index in [0.717, 1.165) is 0 Å². The number of carbonyl (C=O) groups is 1. The van der Waals surface area contributed by atoms with E-state index in [1.54, 1.807) is 0 Å². The first-order valence-corrected chi connectivity index (χ1v) is 5.66. The summed E-state index contributed by atoms with van der Waals surface area (Å²) >= 11 is 0. The Hall–Kier alpha value is -1.35. The third-order valence-corrected chi connectivity index (χ3v) is 3.19. The van der Waals surface area contributed by atoms with E-state index in [4.69, 9.17) is 4.74 Å². The van der Waals surface area contributed by atoms with Gasteiger partial charge in [-0.05, 0) is 12.5 Å². The van der Waals surface area contributed by atoms with Crippen molar-refractivity contribution in [2.24, 2.45) is 5.92 Å². The summed E-state index contributed by atoms with van der Waals surface area (Å²) in [5.74, 6) is 0.104. The molecule has 1 heterocycles. The van der Waals surface area contributed by atoms with E-state index in [1.807, 2.05) is 44.2 Å². The third kappa shape index (κ3) is 2.25. The summed E-state index contributed by atoms with van der Waals surface area (Å²) in [6.07, 6.45) is 0.0146. The maximum atomic E-state index is 11.5. The highest BCUT2D eigenvalue weighted by Gasteiger charge is 2.38. The van der Waals surface area contributed by atoms with Crippen LogP contribution >= 0.6 is 0 Å². The lowest BCUT2D eigenvalue weighted by molar-refractivity contribution is -0.142. The molecule has 1 aromatic carbocycles. The SMILES string of the molecule is CC1C(NCc2ccccc2)C(=O)O[C@H]1C. The van der Waals surface area contributed by atoms with Gasteiger partial charge < -0.3 is 4.74 Å². The number of nitrogens with one attached hydrogen (secondary N) is 1. The Kier molecular flexibility index (Phi) is 3.25. The van der Waals surface area contributed by atoms with Crippen LogP contribution in [-0.4, -0.2) is 18.1 Å². The summed E-state index contributed by atoms with van der Waals surface area (Å²) in [4.78, 5) is 11.5. The van der Waals surface area contributed by atoms with Gasteiger partial charge in [-0.15, -0.1) is 0 Å². The van der Waals surface area contributed by atoms with Crippen LogP contribution in [0.3, 0.4) is 0 Å². The number of esters is 1. The van der Waals surface area contributed by atoms with Crippen molar-refractivity contribution in [1.82, 2.24) is 5.32 Å². The van der Waals surface area contributed by atoms with Gasteiger partial charge in [-0.3, -0.25) is 10.1 Å². The number of benzene rings is 1. The molecule has 0 aromatic heterocycles. The van der Waals surface area contributed by atoms with Gasteiger partial charge in [0.2, 0.25) is 0 Å². The molecule has 3 atom stereocenters. The van der Waals surface area contributed by atoms with E-state index in [-0.39, 0.29) is 24.0 Å². The van der Waals surface area contributed by atoms with Crippen molar-refractivity contribution in [1.29, 1.82) is 0 Å². The van der Waals surface area contributed by atoms with Crippen LogP contribution in [0.25, 0.3) is 0 Å². The van der Waals surface area contributed by atoms with E-state index >= 15 is 0 Å². The Bertz CT molecular complexity index is 363. The molecular weight excluding hydrogens is 202 g/mol. The topological polar surface area (TPSA) is 38.3 Å². The van der Waals surface area contributed by atoms with Gasteiger partial charge in [0.05, 0.1) is 0 Å². The monoisotopic (exact) mass is 219 g/mol. The summed E-state index contributed by atoms with van der Waals surface area (Å²) in [6, 6.07) is 9.89. The molecule has 3 nitrogen and oxygen atoms in total. The molecule has 0 bridgehead atoms. The highest BCUT2D eigenvalue weighted by Crippen LogP contribution is 2.21. The van der Waals surface area contributed by atoms with E-state index in [0.29, 0.717) is 6.54 Å². The van der Waals surface area contributed by atoms with Gasteiger partial charge in [0.15, 0.2) is 0 Å². The number of cyclic esters (lactones) is 1. The Morgan fingerprint density at radius 2 is 1.94 bits per heavy atom. The zero-order chi connectivity index (χ0) is 11.5. The molecule has 16 heavy (non-hydrogen) atoms. The number of hydrogen-bond donors (Lipinski definition) is 1. The smallest absolute Gasteiger partial charge is 0.323 e. The number of hydrogen-bond acceptors (Lipinski definition) is 3. The Morgan fingerprint density at radius 1 is 1.25 bits per heavy atom. The second-order valence-corrected chi connectivity index (χ2v) is 4.35. The van der Waals surface area contributed by atoms with Crippen LogP contribution < -0.4 is 5.32 Å². The largest absolute Gasteiger partial charge is 0.461 e. The molecule has 0 radical (unpaired) electrons. The quantitative estimate of drug-likeness (QED) is 0.787. The molecule has 3 heteroatoms. The van der Waals surface area contributed by atoms with E-state index < -0.39 is 0 Å². The fourth-order valence-corrected chi connectivity index (χ4v) is 1.94. The van der Waals surface area contributed by atoms with Crippen molar-refractivity contribution in [2.75, 3.05) is 0 Å². The number of carbonyl (C=O) groups excluding carboxylic acids is 1. The Morgan fingerprint density at radius 3 is 2.50 bits per heavy atom. The van der Waals surface area contributed by atoms with Crippen molar-refractivity contribution < 1.29 is 9.53 Å². The van der Waals surface area contributed by atoms with Gasteiger partial charge in [-0.2, -0.15) is 0 Å². The van der Waals surface area contributed by atoms with Crippen molar-refractivity contribution in [2.45, 2.75) is 32.5 Å². The first-order valence-electron chi connectivity index (χ1n) is 5.66. The third-order valence-electron chi connectivity index (χ3n) is 3.19. The summed E-state index contributed by atoms with van der Waals surface area (Å²) in [5, 5.41) is 3.25. The maximum Gasteiger partial charge on any atom is 0.323 e. The van der Waals surface area contributed by atoms with Crippen LogP contribution in [0.1, 0.15) is 19.4 Å². The van der Waals surface area contributed by atoms with Crippen molar-refractivity contribution >= 4 is 5.97 Å². The molecule has 2 rings (SSSR count). The molecular formula is C13H17NO2. The van der Waals surface area contributed by atoms with Crippen molar-refractivity contribution in [3.63, 3.8) is 0 Å². The predicted molar refractivity (Wildman–Crippen MR) is 61.8 cm³/mol. The van der Waals surface area contributed by atoms with Crippen LogP contribution in [0.15, 0.2) is 30.3 Å². The highest BCUT2D eigenvalue weighted by atomic mass is 16.6. The van der Waals surface area contributed by atoms with Gasteiger partial charge in [0.25, 0.3) is 0 Å². The van der Waals surface area contributed by atoms with Gasteiger partial charge in [-0.1, -0.05) is 37.3 Å². The van der Waals surface area contributed by atoms with Crippen LogP contribution in [0.2, 0.25) is 0 Å². The van der Waals surface area contributed by atoms with Crippen molar-refractivity contribution in [3.05, 3.63) is 35.9 Å². The maximum absolute atomic E-state index is 11.5. The molecule has 0 spiro atoms. The minimum absolute atomic E-state index is 0.0146. The lowest BCUT2D eigenvalue weighted by Crippen LogP contribution is -2.37. The average Bonchev–Trinajstić information content (AvgIpc) is 2.53. The Balaban J connectivity index is 1.93. The Labute approximate surface area is 95.8 Å². The normalized spacial score (nSPS) is 29.1. The molecule has 0 aliphatic carbocycles. The molecule has 1 aromatic rings. The zero-order valence-corrected chi connectivity index (χ0v) is 9.64. The zero-order valence-electron chi connectivity index (χ0n) is 9.64. The highest BCUT2D eigenvalue weighted by molar-refractivity contribution is 5.78. The standard InChI is InChI=1S/C13H17NO2/c1-9-10(2)16-13(15)12(9)14-8-11-6-4-3-5-7-11/h3-7,9-10,12,14H,8H2,1-2H3/t9?,10-,12?/m0/s1. The molecule has 1 N–H and O–H groups in total. The van der Waals surface area contributed by atoms with Gasteiger partial charge in [0.1, 0.15) is 12.1 Å².